The van der Waals surface area contributed by atoms with Gasteiger partial charge in [-0.05, 0) is 104 Å². The van der Waals surface area contributed by atoms with E-state index in [1.807, 2.05) is 42.7 Å². The molecule has 9 heteroatoms. The van der Waals surface area contributed by atoms with Crippen molar-refractivity contribution in [3.63, 3.8) is 0 Å². The first kappa shape index (κ1) is 28.9. The Morgan fingerprint density at radius 1 is 1.09 bits per heavy atom. The van der Waals surface area contributed by atoms with E-state index in [1.54, 1.807) is 0 Å². The Hall–Kier alpha value is -3.52. The number of anilines is 1. The number of benzene rings is 1. The lowest BCUT2D eigenvalue weighted by molar-refractivity contribution is -0.127. The molecule has 1 amide bonds. The number of imidazole rings is 1. The molecule has 3 saturated carbocycles. The standard InChI is InChI=1S/C36H40ClN5O3/c1-34(2)12-14-35(15-13-34)19-25(29(43)17-22-6-8-23(9-7-22)32-41-39-21-45-32)31(28-20-38-30-5-3-4-16-42(28)30)36(35)26-11-10-24(37)18-27(26)40-33(36)44/h3-5,10-11,16,18,20-23,25,31H,6-9,12-15,17,19H2,1-2H3,(H,40,44)/t22?,23?,25-,31+,36+/m0/s1. The summed E-state index contributed by atoms with van der Waals surface area (Å²) < 4.78 is 7.60. The average Bonchev–Trinajstić information content (AvgIpc) is 3.81. The molecule has 3 fully saturated rings. The van der Waals surface area contributed by atoms with Crippen molar-refractivity contribution < 1.29 is 14.0 Å². The van der Waals surface area contributed by atoms with Gasteiger partial charge in [-0.1, -0.05) is 37.6 Å². The van der Waals surface area contributed by atoms with E-state index in [1.165, 1.54) is 6.39 Å². The van der Waals surface area contributed by atoms with E-state index in [0.717, 1.165) is 74.0 Å². The van der Waals surface area contributed by atoms with Crippen molar-refractivity contribution in [2.45, 2.75) is 95.3 Å². The number of rotatable bonds is 5. The molecule has 4 aromatic rings. The van der Waals surface area contributed by atoms with Gasteiger partial charge in [0.2, 0.25) is 18.2 Å². The zero-order valence-corrected chi connectivity index (χ0v) is 26.7. The number of carbonyl (C=O) groups excluding carboxylic acids is 2. The van der Waals surface area contributed by atoms with Crippen LogP contribution in [-0.2, 0) is 15.0 Å². The van der Waals surface area contributed by atoms with E-state index in [0.29, 0.717) is 29.7 Å². The molecule has 0 bridgehead atoms. The Morgan fingerprint density at radius 3 is 2.64 bits per heavy atom. The van der Waals surface area contributed by atoms with Crippen LogP contribution in [0.3, 0.4) is 0 Å². The van der Waals surface area contributed by atoms with Gasteiger partial charge in [0.15, 0.2) is 0 Å². The zero-order valence-electron chi connectivity index (χ0n) is 26.0. The molecule has 234 valence electrons. The van der Waals surface area contributed by atoms with Crippen molar-refractivity contribution in [1.82, 2.24) is 19.6 Å². The SMILES string of the molecule is CC1(C)CCC2(CC1)C[C@@H](C(=O)CC1CCC(c3nnco3)CC1)[C@H](c1cnc3ccccn13)[C@]21C(=O)Nc2cc(Cl)ccc21. The fraction of sp³-hybridized carbons (Fsp3) is 0.528. The summed E-state index contributed by atoms with van der Waals surface area (Å²) in [4.78, 5) is 34.4. The highest BCUT2D eigenvalue weighted by molar-refractivity contribution is 6.31. The van der Waals surface area contributed by atoms with Crippen LogP contribution in [-0.4, -0.2) is 31.3 Å². The quantitative estimate of drug-likeness (QED) is 0.242. The van der Waals surface area contributed by atoms with Crippen molar-refractivity contribution in [3.05, 3.63) is 77.4 Å². The van der Waals surface area contributed by atoms with Crippen LogP contribution in [0.5, 0.6) is 0 Å². The summed E-state index contributed by atoms with van der Waals surface area (Å²) in [6.45, 7) is 4.67. The van der Waals surface area contributed by atoms with Gasteiger partial charge in [0.25, 0.3) is 0 Å². The molecule has 3 aromatic heterocycles. The van der Waals surface area contributed by atoms with Crippen molar-refractivity contribution in [2.75, 3.05) is 5.32 Å². The number of nitrogens with zero attached hydrogens (tertiary/aromatic N) is 4. The number of amides is 1. The molecule has 8 rings (SSSR count). The van der Waals surface area contributed by atoms with Crippen LogP contribution in [0.15, 0.2) is 59.6 Å². The largest absolute Gasteiger partial charge is 0.428 e. The molecular formula is C36H40ClN5O3. The molecule has 3 atom stereocenters. The summed E-state index contributed by atoms with van der Waals surface area (Å²) in [6, 6.07) is 11.8. The van der Waals surface area contributed by atoms with Gasteiger partial charge in [0.05, 0.1) is 5.41 Å². The third-order valence-corrected chi connectivity index (χ3v) is 12.4. The minimum atomic E-state index is -0.898. The Morgan fingerprint density at radius 2 is 1.89 bits per heavy atom. The van der Waals surface area contributed by atoms with E-state index in [2.05, 4.69) is 39.8 Å². The number of carbonyl (C=O) groups is 2. The van der Waals surface area contributed by atoms with Crippen LogP contribution in [0, 0.1) is 22.7 Å². The first-order chi connectivity index (χ1) is 21.7. The number of halogens is 1. The number of Topliss-reactive ketones (excluding diaryl/α,β-unsaturated/α-hetero) is 1. The second kappa shape index (κ2) is 10.5. The van der Waals surface area contributed by atoms with Crippen molar-refractivity contribution in [1.29, 1.82) is 0 Å². The van der Waals surface area contributed by atoms with Crippen LogP contribution in [0.4, 0.5) is 5.69 Å². The van der Waals surface area contributed by atoms with E-state index >= 15 is 0 Å². The lowest BCUT2D eigenvalue weighted by atomic mass is 9.51. The monoisotopic (exact) mass is 625 g/mol. The minimum absolute atomic E-state index is 0.00530. The lowest BCUT2D eigenvalue weighted by Crippen LogP contribution is -2.52. The number of fused-ring (bicyclic) bond motifs is 4. The zero-order chi connectivity index (χ0) is 31.0. The summed E-state index contributed by atoms with van der Waals surface area (Å²) in [7, 11) is 0. The van der Waals surface area contributed by atoms with Crippen LogP contribution >= 0.6 is 11.6 Å². The second-order valence-corrected chi connectivity index (χ2v) is 15.4. The maximum atomic E-state index is 14.8. The Bertz CT molecular complexity index is 1760. The molecular weight excluding hydrogens is 586 g/mol. The van der Waals surface area contributed by atoms with Crippen molar-refractivity contribution in [3.8, 4) is 0 Å². The van der Waals surface area contributed by atoms with Gasteiger partial charge in [-0.2, -0.15) is 0 Å². The third kappa shape index (κ3) is 4.42. The summed E-state index contributed by atoms with van der Waals surface area (Å²) in [5.74, 6) is 0.917. The van der Waals surface area contributed by atoms with E-state index in [4.69, 9.17) is 21.0 Å². The first-order valence-electron chi connectivity index (χ1n) is 16.5. The van der Waals surface area contributed by atoms with Crippen LogP contribution in [0.25, 0.3) is 5.65 Å². The highest BCUT2D eigenvalue weighted by atomic mass is 35.5. The van der Waals surface area contributed by atoms with Crippen molar-refractivity contribution in [2.24, 2.45) is 22.7 Å². The van der Waals surface area contributed by atoms with Gasteiger partial charge in [-0.3, -0.25) is 9.59 Å². The molecule has 4 heterocycles. The Labute approximate surface area is 268 Å². The van der Waals surface area contributed by atoms with Gasteiger partial charge in [-0.15, -0.1) is 10.2 Å². The molecule has 0 unspecified atom stereocenters. The molecule has 0 saturated heterocycles. The Kier molecular flexibility index (Phi) is 6.75. The van der Waals surface area contributed by atoms with Crippen LogP contribution in [0.2, 0.25) is 5.02 Å². The highest BCUT2D eigenvalue weighted by Crippen LogP contribution is 2.72. The normalized spacial score (nSPS) is 30.2. The van der Waals surface area contributed by atoms with Crippen LogP contribution in [0.1, 0.15) is 107 Å². The summed E-state index contributed by atoms with van der Waals surface area (Å²) in [6.07, 6.45) is 14.2. The number of nitrogens with one attached hydrogen (secondary N) is 1. The van der Waals surface area contributed by atoms with Gasteiger partial charge in [-0.25, -0.2) is 4.98 Å². The second-order valence-electron chi connectivity index (χ2n) is 15.0. The number of pyridine rings is 1. The maximum Gasteiger partial charge on any atom is 0.236 e. The van der Waals surface area contributed by atoms with E-state index < -0.39 is 5.41 Å². The van der Waals surface area contributed by atoms with Gasteiger partial charge < -0.3 is 14.1 Å². The minimum Gasteiger partial charge on any atom is -0.428 e. The van der Waals surface area contributed by atoms with Gasteiger partial charge in [0.1, 0.15) is 11.4 Å². The molecule has 1 aliphatic heterocycles. The highest BCUT2D eigenvalue weighted by Gasteiger charge is 2.72. The van der Waals surface area contributed by atoms with Gasteiger partial charge >= 0.3 is 0 Å². The molecule has 2 spiro atoms. The number of hydrogen-bond donors (Lipinski definition) is 1. The smallest absolute Gasteiger partial charge is 0.236 e. The van der Waals surface area contributed by atoms with Gasteiger partial charge in [0, 0.05) is 53.0 Å². The van der Waals surface area contributed by atoms with E-state index in [-0.39, 0.29) is 40.3 Å². The van der Waals surface area contributed by atoms with Crippen LogP contribution < -0.4 is 5.32 Å². The predicted octanol–water partition coefficient (Wildman–Crippen LogP) is 7.88. The molecule has 3 aliphatic carbocycles. The number of ketones is 1. The predicted molar refractivity (Wildman–Crippen MR) is 171 cm³/mol. The molecule has 4 aliphatic rings. The number of hydrogen-bond acceptors (Lipinski definition) is 6. The fourth-order valence-corrected chi connectivity index (χ4v) is 9.97. The molecule has 1 N–H and O–H groups in total. The maximum absolute atomic E-state index is 14.8. The first-order valence-corrected chi connectivity index (χ1v) is 16.9. The topological polar surface area (TPSA) is 102 Å². The lowest BCUT2D eigenvalue weighted by Gasteiger charge is -2.50. The number of aromatic nitrogens is 4. The third-order valence-electron chi connectivity index (χ3n) is 12.1. The summed E-state index contributed by atoms with van der Waals surface area (Å²) in [5, 5.41) is 11.9. The van der Waals surface area contributed by atoms with E-state index in [9.17, 15) is 9.59 Å². The fourth-order valence-electron chi connectivity index (χ4n) is 9.80. The average molecular weight is 626 g/mol. The molecule has 0 radical (unpaired) electrons. The van der Waals surface area contributed by atoms with Crippen molar-refractivity contribution >= 4 is 34.6 Å². The molecule has 1 aromatic carbocycles. The molecule has 8 nitrogen and oxygen atoms in total. The molecule has 45 heavy (non-hydrogen) atoms. The Balaban J connectivity index is 1.23. The summed E-state index contributed by atoms with van der Waals surface area (Å²) >= 11 is 6.49. The summed E-state index contributed by atoms with van der Waals surface area (Å²) in [5.41, 5.74) is 2.49.